The zero-order valence-corrected chi connectivity index (χ0v) is 52.1. The number of nitrogens with zero attached hydrogens (tertiary/aromatic N) is 3. The molecule has 3 heterocycles. The maximum absolute atomic E-state index is 2.59. The van der Waals surface area contributed by atoms with Crippen molar-refractivity contribution in [2.75, 3.05) is 0 Å². The summed E-state index contributed by atoms with van der Waals surface area (Å²) in [6.07, 6.45) is 7.85. The van der Waals surface area contributed by atoms with Gasteiger partial charge in [0.2, 0.25) is 0 Å². The Morgan fingerprint density at radius 1 is 0.255 bits per heavy atom. The molecule has 94 heavy (non-hydrogen) atoms. The van der Waals surface area contributed by atoms with E-state index in [9.17, 15) is 0 Å². The van der Waals surface area contributed by atoms with Gasteiger partial charge in [0.25, 0.3) is 0 Å². The van der Waals surface area contributed by atoms with Crippen LogP contribution in [0.1, 0.15) is 59.3 Å². The molecule has 0 bridgehead atoms. The summed E-state index contributed by atoms with van der Waals surface area (Å²) >= 11 is 0. The van der Waals surface area contributed by atoms with Gasteiger partial charge in [-0.05, 0) is 239 Å². The maximum Gasteiger partial charge on any atom is 0.0541 e. The van der Waals surface area contributed by atoms with Crippen LogP contribution < -0.4 is 0 Å². The van der Waals surface area contributed by atoms with E-state index in [0.717, 1.165) is 19.3 Å². The number of aryl methyl sites for hydroxylation is 1. The van der Waals surface area contributed by atoms with E-state index >= 15 is 0 Å². The second-order valence-corrected chi connectivity index (χ2v) is 25.9. The Labute approximate surface area is 546 Å². The van der Waals surface area contributed by atoms with Crippen LogP contribution in [0.25, 0.3) is 161 Å². The highest BCUT2D eigenvalue weighted by molar-refractivity contribution is 6.26. The highest BCUT2D eigenvalue weighted by atomic mass is 15.0. The van der Waals surface area contributed by atoms with Crippen LogP contribution in [0, 0.1) is 0 Å². The highest BCUT2D eigenvalue weighted by Crippen LogP contribution is 2.48. The molecule has 14 aromatic carbocycles. The molecule has 442 valence electrons. The summed E-state index contributed by atoms with van der Waals surface area (Å²) in [5.74, 6) is 0.273. The predicted octanol–water partition coefficient (Wildman–Crippen LogP) is 24.3. The van der Waals surface area contributed by atoms with Gasteiger partial charge in [-0.15, -0.1) is 0 Å². The first-order valence-corrected chi connectivity index (χ1v) is 33.1. The molecular weight excluding hydrogens is 1140 g/mol. The molecule has 1 unspecified atom stereocenters. The van der Waals surface area contributed by atoms with E-state index < -0.39 is 0 Å². The first-order chi connectivity index (χ1) is 46.5. The lowest BCUT2D eigenvalue weighted by Gasteiger charge is -2.24. The van der Waals surface area contributed by atoms with Crippen molar-refractivity contribution in [2.45, 2.75) is 32.1 Å². The van der Waals surface area contributed by atoms with Crippen LogP contribution in [0.4, 0.5) is 0 Å². The lowest BCUT2D eigenvalue weighted by atomic mass is 9.84. The fourth-order valence-corrected chi connectivity index (χ4v) is 16.2. The van der Waals surface area contributed by atoms with Crippen molar-refractivity contribution in [3.8, 4) is 61.6 Å². The van der Waals surface area contributed by atoms with Crippen molar-refractivity contribution in [1.29, 1.82) is 0 Å². The topological polar surface area (TPSA) is 14.8 Å². The highest BCUT2D eigenvalue weighted by Gasteiger charge is 2.29. The molecule has 1 atom stereocenters. The van der Waals surface area contributed by atoms with E-state index in [4.69, 9.17) is 0 Å². The fraction of sp³-hybridized carbons (Fsp3) is 0.0549. The van der Waals surface area contributed by atoms with Gasteiger partial charge in [0.15, 0.2) is 0 Å². The number of aromatic nitrogens is 3. The number of rotatable bonds is 9. The molecule has 17 aromatic rings. The lowest BCUT2D eigenvalue weighted by molar-refractivity contribution is 0.733. The molecule has 2 aliphatic carbocycles. The van der Waals surface area contributed by atoms with Crippen molar-refractivity contribution < 1.29 is 0 Å². The Bertz CT molecular complexity index is 5920. The molecule has 0 aliphatic heterocycles. The van der Waals surface area contributed by atoms with Crippen molar-refractivity contribution in [3.63, 3.8) is 0 Å². The molecule has 0 radical (unpaired) electrons. The molecule has 0 N–H and O–H groups in total. The first kappa shape index (κ1) is 54.0. The largest absolute Gasteiger partial charge is 0.313 e. The molecule has 3 heteroatoms. The predicted molar refractivity (Wildman–Crippen MR) is 399 cm³/mol. The second-order valence-electron chi connectivity index (χ2n) is 25.9. The van der Waals surface area contributed by atoms with Gasteiger partial charge in [0.1, 0.15) is 0 Å². The zero-order chi connectivity index (χ0) is 62.0. The minimum atomic E-state index is 0.273. The summed E-state index contributed by atoms with van der Waals surface area (Å²) in [7, 11) is 0. The Morgan fingerprint density at radius 2 is 0.702 bits per heavy atom. The Hall–Kier alpha value is -11.8. The van der Waals surface area contributed by atoms with E-state index in [2.05, 4.69) is 342 Å². The van der Waals surface area contributed by atoms with Gasteiger partial charge in [0, 0.05) is 55.8 Å². The van der Waals surface area contributed by atoms with Gasteiger partial charge in [-0.25, -0.2) is 0 Å². The summed E-state index contributed by atoms with van der Waals surface area (Å²) in [5, 5.41) is 12.8. The minimum Gasteiger partial charge on any atom is -0.313 e. The van der Waals surface area contributed by atoms with Crippen LogP contribution in [0.3, 0.4) is 0 Å². The number of para-hydroxylation sites is 4. The number of hydrogen-bond donors (Lipinski definition) is 0. The number of allylic oxidation sites excluding steroid dienone is 2. The maximum atomic E-state index is 2.59. The molecule has 0 amide bonds. The molecule has 3 aromatic heterocycles. The Morgan fingerprint density at radius 3 is 1.37 bits per heavy atom. The Balaban J connectivity index is 0.692. The van der Waals surface area contributed by atoms with Crippen LogP contribution in [0.15, 0.2) is 309 Å². The average Bonchev–Trinajstić information content (AvgIpc) is 1.44. The van der Waals surface area contributed by atoms with Crippen LogP contribution >= 0.6 is 0 Å². The van der Waals surface area contributed by atoms with Gasteiger partial charge >= 0.3 is 0 Å². The van der Waals surface area contributed by atoms with Gasteiger partial charge in [-0.2, -0.15) is 0 Å². The molecule has 0 saturated heterocycles. The van der Waals surface area contributed by atoms with Crippen molar-refractivity contribution in [3.05, 3.63) is 343 Å². The summed E-state index contributed by atoms with van der Waals surface area (Å²) in [6.45, 7) is 2.43. The smallest absolute Gasteiger partial charge is 0.0541 e. The molecule has 19 rings (SSSR count). The normalized spacial score (nSPS) is 13.9. The zero-order valence-electron chi connectivity index (χ0n) is 52.1. The first-order valence-electron chi connectivity index (χ1n) is 33.1. The number of hydrogen-bond acceptors (Lipinski definition) is 0. The average molecular weight is 1200 g/mol. The monoisotopic (exact) mass is 1200 g/mol. The molecule has 0 spiro atoms. The molecule has 3 nitrogen and oxygen atoms in total. The van der Waals surface area contributed by atoms with Crippen LogP contribution in [-0.2, 0) is 6.42 Å². The molecule has 0 saturated carbocycles. The summed E-state index contributed by atoms with van der Waals surface area (Å²) in [5.41, 5.74) is 28.9. The quantitative estimate of drug-likeness (QED) is 0.128. The van der Waals surface area contributed by atoms with Crippen LogP contribution in [0.5, 0.6) is 0 Å². The van der Waals surface area contributed by atoms with Crippen molar-refractivity contribution in [2.24, 2.45) is 0 Å². The standard InChI is InChI=1S/C91H63N3/c1-58-47-67(65-40-45-88-83(54-65)78-33-16-18-35-86(78)92(88)71-27-10-4-11-28-71)55-85-79-34-17-19-36-87(79)94(91(58)85)73-41-46-89-84(57-73)80-44-39-66(56-90(80)93(89)72-29-12-5-13-30-72)64-38-43-77-76-42-37-63(52-81(76)74-31-14-15-32-75(74)82(77)53-64)61-25-20-26-62(48-61)70-50-68(59-21-6-2-7-22-59)49-69(51-70)60-23-8-3-9-24-60/h2-38,40-43,45-46,48-58H,39,44,47H2,1H3. The number of fused-ring (bicyclic) bond motifs is 15. The van der Waals surface area contributed by atoms with Crippen LogP contribution in [-0.4, -0.2) is 13.7 Å². The SMILES string of the molecule is CC1CC(c2ccc3c(c2)c2ccccc2n3-c2ccccc2)=Cc2c1n(-c1ccc3c(c1)c1c(n3-c3ccccc3)C=C(c3ccc4c5ccc(-c6cccc(-c7cc(-c8ccccc8)cc(-c8ccccc8)c7)c6)cc5c5ccccc5c4c3)CC1)c1ccccc21. The lowest BCUT2D eigenvalue weighted by Crippen LogP contribution is -2.09. The van der Waals surface area contributed by atoms with E-state index in [-0.39, 0.29) is 5.92 Å². The van der Waals surface area contributed by atoms with E-state index in [1.807, 2.05) is 0 Å². The summed E-state index contributed by atoms with van der Waals surface area (Å²) in [6, 6.07) is 115. The fourth-order valence-electron chi connectivity index (χ4n) is 16.2. The van der Waals surface area contributed by atoms with E-state index in [0.29, 0.717) is 0 Å². The van der Waals surface area contributed by atoms with Crippen molar-refractivity contribution in [1.82, 2.24) is 13.7 Å². The van der Waals surface area contributed by atoms with Gasteiger partial charge in [-0.3, -0.25) is 0 Å². The third kappa shape index (κ3) is 8.72. The molecular formula is C91H63N3. The minimum absolute atomic E-state index is 0.273. The summed E-state index contributed by atoms with van der Waals surface area (Å²) < 4.78 is 7.51. The second kappa shape index (κ2) is 21.7. The number of benzene rings is 14. The van der Waals surface area contributed by atoms with Crippen molar-refractivity contribution >= 4 is 99.2 Å². The van der Waals surface area contributed by atoms with Gasteiger partial charge in [0.05, 0.1) is 27.8 Å². The molecule has 0 fully saturated rings. The van der Waals surface area contributed by atoms with E-state index in [1.54, 1.807) is 0 Å². The summed E-state index contributed by atoms with van der Waals surface area (Å²) in [4.78, 5) is 0. The Kier molecular flexibility index (Phi) is 12.5. The third-order valence-electron chi connectivity index (χ3n) is 20.5. The van der Waals surface area contributed by atoms with Crippen LogP contribution in [0.2, 0.25) is 0 Å². The van der Waals surface area contributed by atoms with E-state index in [1.165, 1.54) is 182 Å². The molecule has 2 aliphatic rings. The van der Waals surface area contributed by atoms with Gasteiger partial charge < -0.3 is 13.7 Å². The van der Waals surface area contributed by atoms with Gasteiger partial charge in [-0.1, -0.05) is 213 Å². The third-order valence-corrected chi connectivity index (χ3v) is 20.5.